The summed E-state index contributed by atoms with van der Waals surface area (Å²) in [5.74, 6) is -1.22. The molecule has 0 aliphatic carbocycles. The average molecular weight is 494 g/mol. The Balaban J connectivity index is 1.58. The molecule has 3 aromatic carbocycles. The maximum Gasteiger partial charge on any atom is 0.339 e. The average Bonchev–Trinajstić information content (AvgIpc) is 2.81. The van der Waals surface area contributed by atoms with E-state index in [1.54, 1.807) is 48.5 Å². The molecule has 0 N–H and O–H groups in total. The zero-order valence-electron chi connectivity index (χ0n) is 17.9. The normalized spacial score (nSPS) is 10.7. The molecule has 0 atom stereocenters. The van der Waals surface area contributed by atoms with Crippen molar-refractivity contribution >= 4 is 51.8 Å². The number of ketones is 1. The SMILES string of the molecule is CC(=O)Oc1ccc(C(=O)COC(=O)c2cc(-c3ccc(Cl)cc3Cl)nc3ccccc23)cc1. The van der Waals surface area contributed by atoms with Gasteiger partial charge in [-0.2, -0.15) is 0 Å². The van der Waals surface area contributed by atoms with Crippen LogP contribution in [0.25, 0.3) is 22.2 Å². The topological polar surface area (TPSA) is 82.6 Å². The Labute approximate surface area is 205 Å². The van der Waals surface area contributed by atoms with Gasteiger partial charge in [0.25, 0.3) is 0 Å². The van der Waals surface area contributed by atoms with Crippen molar-refractivity contribution in [1.29, 1.82) is 0 Å². The molecule has 0 aliphatic heterocycles. The van der Waals surface area contributed by atoms with Crippen LogP contribution in [0.5, 0.6) is 5.75 Å². The number of esters is 2. The number of fused-ring (bicyclic) bond motifs is 1. The molecule has 0 unspecified atom stereocenters. The van der Waals surface area contributed by atoms with Crippen molar-refractivity contribution in [3.63, 3.8) is 0 Å². The Morgan fingerprint density at radius 3 is 2.35 bits per heavy atom. The quantitative estimate of drug-likeness (QED) is 0.181. The van der Waals surface area contributed by atoms with E-state index in [-0.39, 0.29) is 5.56 Å². The zero-order valence-corrected chi connectivity index (χ0v) is 19.4. The lowest BCUT2D eigenvalue weighted by Gasteiger charge is -2.11. The van der Waals surface area contributed by atoms with E-state index < -0.39 is 24.3 Å². The molecule has 34 heavy (non-hydrogen) atoms. The number of hydrogen-bond acceptors (Lipinski definition) is 6. The van der Waals surface area contributed by atoms with E-state index in [0.29, 0.717) is 43.5 Å². The minimum Gasteiger partial charge on any atom is -0.454 e. The molecule has 0 spiro atoms. The fraction of sp³-hybridized carbons (Fsp3) is 0.0769. The zero-order chi connectivity index (χ0) is 24.2. The number of halogens is 2. The molecule has 0 fully saturated rings. The van der Waals surface area contributed by atoms with E-state index in [9.17, 15) is 14.4 Å². The first-order valence-electron chi connectivity index (χ1n) is 10.2. The number of hydrogen-bond donors (Lipinski definition) is 0. The number of rotatable bonds is 6. The standard InChI is InChI=1S/C26H17Cl2NO5/c1-15(30)34-18-9-6-16(7-10-18)25(31)14-33-26(32)21-13-24(20-11-8-17(27)12-22(20)28)29-23-5-3-2-4-19(21)23/h2-13H,14H2,1H3. The van der Waals surface area contributed by atoms with Crippen LogP contribution in [0.4, 0.5) is 0 Å². The molecule has 170 valence electrons. The van der Waals surface area contributed by atoms with Gasteiger partial charge in [-0.05, 0) is 54.6 Å². The minimum absolute atomic E-state index is 0.254. The third kappa shape index (κ3) is 5.25. The van der Waals surface area contributed by atoms with E-state index in [4.69, 9.17) is 32.7 Å². The van der Waals surface area contributed by atoms with E-state index in [2.05, 4.69) is 4.98 Å². The van der Waals surface area contributed by atoms with Crippen LogP contribution in [0.15, 0.2) is 72.8 Å². The van der Waals surface area contributed by atoms with Gasteiger partial charge < -0.3 is 9.47 Å². The van der Waals surface area contributed by atoms with Gasteiger partial charge in [-0.1, -0.05) is 41.4 Å². The van der Waals surface area contributed by atoms with Gasteiger partial charge in [-0.25, -0.2) is 9.78 Å². The fourth-order valence-corrected chi connectivity index (χ4v) is 3.85. The molecule has 4 aromatic rings. The molecule has 0 saturated carbocycles. The first-order valence-corrected chi connectivity index (χ1v) is 10.9. The van der Waals surface area contributed by atoms with Crippen LogP contribution in [0.1, 0.15) is 27.6 Å². The number of pyridine rings is 1. The van der Waals surface area contributed by atoms with Crippen molar-refractivity contribution < 1.29 is 23.9 Å². The highest BCUT2D eigenvalue weighted by atomic mass is 35.5. The largest absolute Gasteiger partial charge is 0.454 e. The summed E-state index contributed by atoms with van der Waals surface area (Å²) in [5, 5.41) is 1.45. The fourth-order valence-electron chi connectivity index (χ4n) is 3.35. The van der Waals surface area contributed by atoms with E-state index in [1.807, 2.05) is 0 Å². The number of ether oxygens (including phenoxy) is 2. The van der Waals surface area contributed by atoms with Crippen LogP contribution in [0, 0.1) is 0 Å². The van der Waals surface area contributed by atoms with E-state index in [0.717, 1.165) is 0 Å². The summed E-state index contributed by atoms with van der Waals surface area (Å²) in [6.45, 7) is 0.826. The van der Waals surface area contributed by atoms with Crippen molar-refractivity contribution in [3.8, 4) is 17.0 Å². The number of benzene rings is 3. The summed E-state index contributed by atoms with van der Waals surface area (Å²) in [6.07, 6.45) is 0. The Bertz CT molecular complexity index is 1420. The molecule has 1 aromatic heterocycles. The lowest BCUT2D eigenvalue weighted by atomic mass is 10.0. The van der Waals surface area contributed by atoms with Crippen molar-refractivity contribution in [2.75, 3.05) is 6.61 Å². The smallest absolute Gasteiger partial charge is 0.339 e. The first kappa shape index (κ1) is 23.4. The highest BCUT2D eigenvalue weighted by molar-refractivity contribution is 6.36. The first-order chi connectivity index (χ1) is 16.3. The predicted octanol–water partition coefficient (Wildman–Crippen LogP) is 6.17. The summed E-state index contributed by atoms with van der Waals surface area (Å²) < 4.78 is 10.3. The van der Waals surface area contributed by atoms with Gasteiger partial charge in [0.05, 0.1) is 21.8 Å². The number of carbonyl (C=O) groups is 3. The summed E-state index contributed by atoms with van der Waals surface area (Å²) in [4.78, 5) is 41.1. The van der Waals surface area contributed by atoms with Gasteiger partial charge in [0.2, 0.25) is 0 Å². The minimum atomic E-state index is -0.671. The molecule has 0 saturated heterocycles. The molecular formula is C26H17Cl2NO5. The van der Waals surface area contributed by atoms with Crippen LogP contribution in [0.3, 0.4) is 0 Å². The van der Waals surface area contributed by atoms with Crippen LogP contribution in [-0.4, -0.2) is 29.3 Å². The molecule has 0 amide bonds. The second-order valence-electron chi connectivity index (χ2n) is 7.31. The Kier molecular flexibility index (Phi) is 6.91. The molecule has 4 rings (SSSR count). The lowest BCUT2D eigenvalue weighted by Crippen LogP contribution is -2.15. The Morgan fingerprint density at radius 1 is 0.912 bits per heavy atom. The molecule has 1 heterocycles. The maximum absolute atomic E-state index is 13.0. The predicted molar refractivity (Wildman–Crippen MR) is 130 cm³/mol. The molecule has 0 radical (unpaired) electrons. The van der Waals surface area contributed by atoms with Crippen LogP contribution in [0.2, 0.25) is 10.0 Å². The molecule has 8 heteroatoms. The monoisotopic (exact) mass is 493 g/mol. The molecule has 0 bridgehead atoms. The molecule has 6 nitrogen and oxygen atoms in total. The van der Waals surface area contributed by atoms with Crippen molar-refractivity contribution in [3.05, 3.63) is 94.0 Å². The third-order valence-electron chi connectivity index (χ3n) is 4.92. The summed E-state index contributed by atoms with van der Waals surface area (Å²) in [7, 11) is 0. The highest BCUT2D eigenvalue weighted by Crippen LogP contribution is 2.32. The maximum atomic E-state index is 13.0. The van der Waals surface area contributed by atoms with Gasteiger partial charge in [-0.15, -0.1) is 0 Å². The summed E-state index contributed by atoms with van der Waals surface area (Å²) >= 11 is 12.3. The number of nitrogens with zero attached hydrogens (tertiary/aromatic N) is 1. The summed E-state index contributed by atoms with van der Waals surface area (Å²) in [5.41, 5.74) is 2.22. The third-order valence-corrected chi connectivity index (χ3v) is 5.46. The van der Waals surface area contributed by atoms with Gasteiger partial charge in [0, 0.05) is 28.5 Å². The number of Topliss-reactive ketones (excluding diaryl/α,β-unsaturated/α-hetero) is 1. The van der Waals surface area contributed by atoms with Gasteiger partial charge in [-0.3, -0.25) is 9.59 Å². The second-order valence-corrected chi connectivity index (χ2v) is 8.16. The number of para-hydroxylation sites is 1. The van der Waals surface area contributed by atoms with Gasteiger partial charge in [0.15, 0.2) is 12.4 Å². The van der Waals surface area contributed by atoms with Crippen LogP contribution in [-0.2, 0) is 9.53 Å². The van der Waals surface area contributed by atoms with Crippen LogP contribution >= 0.6 is 23.2 Å². The Hall–Kier alpha value is -3.74. The number of aromatic nitrogens is 1. The summed E-state index contributed by atoms with van der Waals surface area (Å²) in [6, 6.07) is 19.7. The molecular weight excluding hydrogens is 477 g/mol. The van der Waals surface area contributed by atoms with Gasteiger partial charge >= 0.3 is 11.9 Å². The van der Waals surface area contributed by atoms with Crippen molar-refractivity contribution in [2.24, 2.45) is 0 Å². The molecule has 0 aliphatic rings. The van der Waals surface area contributed by atoms with E-state index >= 15 is 0 Å². The van der Waals surface area contributed by atoms with E-state index in [1.165, 1.54) is 31.2 Å². The Morgan fingerprint density at radius 2 is 1.65 bits per heavy atom. The lowest BCUT2D eigenvalue weighted by molar-refractivity contribution is -0.131. The second kappa shape index (κ2) is 10.0. The van der Waals surface area contributed by atoms with Crippen molar-refractivity contribution in [1.82, 2.24) is 4.98 Å². The van der Waals surface area contributed by atoms with Gasteiger partial charge in [0.1, 0.15) is 5.75 Å². The highest BCUT2D eigenvalue weighted by Gasteiger charge is 2.18. The van der Waals surface area contributed by atoms with Crippen molar-refractivity contribution in [2.45, 2.75) is 6.92 Å². The number of carbonyl (C=O) groups excluding carboxylic acids is 3. The van der Waals surface area contributed by atoms with Crippen LogP contribution < -0.4 is 4.74 Å².